The Morgan fingerprint density at radius 2 is 1.78 bits per heavy atom. The number of H-pyrrole nitrogens is 2. The summed E-state index contributed by atoms with van der Waals surface area (Å²) < 4.78 is 5.92. The van der Waals surface area contributed by atoms with Crippen LogP contribution in [0.1, 0.15) is 22.9 Å². The zero-order valence-corrected chi connectivity index (χ0v) is 19.6. The molecule has 6 rings (SSSR count). The van der Waals surface area contributed by atoms with Gasteiger partial charge in [-0.15, -0.1) is 0 Å². The zero-order chi connectivity index (χ0) is 24.3. The van der Waals surface area contributed by atoms with Gasteiger partial charge in [-0.25, -0.2) is 4.98 Å². The first kappa shape index (κ1) is 21.7. The van der Waals surface area contributed by atoms with E-state index < -0.39 is 0 Å². The summed E-state index contributed by atoms with van der Waals surface area (Å²) in [5, 5.41) is 5.82. The number of nitrogens with one attached hydrogen (secondary N) is 3. The van der Waals surface area contributed by atoms with Crippen molar-refractivity contribution in [2.24, 2.45) is 0 Å². The van der Waals surface area contributed by atoms with Gasteiger partial charge in [0.1, 0.15) is 18.2 Å². The molecule has 1 atom stereocenters. The molecule has 3 aromatic heterocycles. The minimum absolute atomic E-state index is 0.0495. The van der Waals surface area contributed by atoms with Gasteiger partial charge in [0.15, 0.2) is 0 Å². The zero-order valence-electron chi connectivity index (χ0n) is 19.6. The van der Waals surface area contributed by atoms with Gasteiger partial charge in [0.05, 0.1) is 11.7 Å². The van der Waals surface area contributed by atoms with E-state index in [0.717, 1.165) is 39.8 Å². The van der Waals surface area contributed by atoms with Gasteiger partial charge in [0, 0.05) is 28.8 Å². The fourth-order valence-electron chi connectivity index (χ4n) is 4.50. The van der Waals surface area contributed by atoms with Crippen LogP contribution >= 0.6 is 0 Å². The van der Waals surface area contributed by atoms with Crippen molar-refractivity contribution in [3.63, 3.8) is 0 Å². The third-order valence-corrected chi connectivity index (χ3v) is 6.28. The van der Waals surface area contributed by atoms with Crippen molar-refractivity contribution >= 4 is 33.6 Å². The number of fused-ring (bicyclic) bond motifs is 2. The van der Waals surface area contributed by atoms with E-state index in [9.17, 15) is 0 Å². The van der Waals surface area contributed by atoms with Crippen LogP contribution in [0.2, 0.25) is 0 Å². The number of ether oxygens (including phenoxy) is 1. The van der Waals surface area contributed by atoms with Gasteiger partial charge in [-0.2, -0.15) is 4.98 Å². The molecule has 0 radical (unpaired) electrons. The number of hydrogen-bond donors (Lipinski definition) is 4. The molecule has 1 unspecified atom stereocenters. The minimum Gasteiger partial charge on any atom is -0.487 e. The van der Waals surface area contributed by atoms with Crippen LogP contribution in [-0.4, -0.2) is 19.9 Å². The number of nitrogens with two attached hydrogens (primary N) is 1. The van der Waals surface area contributed by atoms with E-state index in [0.29, 0.717) is 18.4 Å². The van der Waals surface area contributed by atoms with Crippen molar-refractivity contribution in [3.8, 4) is 5.75 Å². The molecule has 7 nitrogen and oxygen atoms in total. The summed E-state index contributed by atoms with van der Waals surface area (Å²) in [5.74, 6) is 1.79. The van der Waals surface area contributed by atoms with Gasteiger partial charge in [0.2, 0.25) is 5.95 Å². The van der Waals surface area contributed by atoms with E-state index in [2.05, 4.69) is 73.8 Å². The molecule has 0 amide bonds. The Kier molecular flexibility index (Phi) is 5.71. The number of nitrogens with zero attached hydrogens (tertiary/aromatic N) is 2. The minimum atomic E-state index is -0.0495. The van der Waals surface area contributed by atoms with Gasteiger partial charge in [-0.1, -0.05) is 30.3 Å². The Hall–Kier alpha value is -4.78. The second-order valence-electron chi connectivity index (χ2n) is 8.85. The summed E-state index contributed by atoms with van der Waals surface area (Å²) in [7, 11) is 0. The van der Waals surface area contributed by atoms with Crippen LogP contribution in [0, 0.1) is 0 Å². The first-order valence-electron chi connectivity index (χ1n) is 11.9. The summed E-state index contributed by atoms with van der Waals surface area (Å²) in [4.78, 5) is 15.5. The molecule has 3 aromatic carbocycles. The first-order chi connectivity index (χ1) is 17.7. The highest BCUT2D eigenvalue weighted by atomic mass is 16.5. The molecule has 0 bridgehead atoms. The van der Waals surface area contributed by atoms with Crippen LogP contribution in [-0.2, 0) is 13.0 Å². The Morgan fingerprint density at radius 3 is 2.67 bits per heavy atom. The highest BCUT2D eigenvalue weighted by molar-refractivity contribution is 5.82. The number of benzene rings is 3. The lowest BCUT2D eigenvalue weighted by Crippen LogP contribution is -2.16. The number of anilines is 2. The predicted molar refractivity (Wildman–Crippen MR) is 144 cm³/mol. The van der Waals surface area contributed by atoms with Gasteiger partial charge in [-0.3, -0.25) is 0 Å². The molecule has 5 N–H and O–H groups in total. The molecule has 3 heterocycles. The van der Waals surface area contributed by atoms with Gasteiger partial charge < -0.3 is 25.8 Å². The molecule has 0 spiro atoms. The molecule has 0 aliphatic rings. The van der Waals surface area contributed by atoms with Gasteiger partial charge >= 0.3 is 0 Å². The third kappa shape index (κ3) is 4.72. The Morgan fingerprint density at radius 1 is 0.889 bits per heavy atom. The topological polar surface area (TPSA) is 105 Å². The Balaban J connectivity index is 1.29. The van der Waals surface area contributed by atoms with Crippen LogP contribution < -0.4 is 15.8 Å². The lowest BCUT2D eigenvalue weighted by atomic mass is 9.97. The van der Waals surface area contributed by atoms with Crippen molar-refractivity contribution in [2.75, 3.05) is 11.1 Å². The van der Waals surface area contributed by atoms with Crippen LogP contribution in [0.15, 0.2) is 97.3 Å². The van der Waals surface area contributed by atoms with Crippen molar-refractivity contribution < 1.29 is 4.74 Å². The molecule has 178 valence electrons. The van der Waals surface area contributed by atoms with Crippen molar-refractivity contribution in [1.29, 1.82) is 0 Å². The number of rotatable bonds is 8. The van der Waals surface area contributed by atoms with Crippen molar-refractivity contribution in [3.05, 3.63) is 114 Å². The molecule has 0 aliphatic carbocycles. The number of hydrogen-bond acceptors (Lipinski definition) is 5. The maximum Gasteiger partial charge on any atom is 0.225 e. The Labute approximate surface area is 208 Å². The average Bonchev–Trinajstić information content (AvgIpc) is 3.53. The first-order valence-corrected chi connectivity index (χ1v) is 11.9. The smallest absolute Gasteiger partial charge is 0.225 e. The normalized spacial score (nSPS) is 12.1. The highest BCUT2D eigenvalue weighted by Gasteiger charge is 2.16. The van der Waals surface area contributed by atoms with Crippen LogP contribution in [0.4, 0.5) is 11.8 Å². The molecule has 0 saturated carbocycles. The number of nitrogen functional groups attached to an aromatic ring is 1. The maximum atomic E-state index is 5.92. The summed E-state index contributed by atoms with van der Waals surface area (Å²) in [6.45, 7) is 0.476. The number of para-hydroxylation sites is 1. The molecular weight excluding hydrogens is 448 g/mol. The van der Waals surface area contributed by atoms with Crippen LogP contribution in [0.5, 0.6) is 5.75 Å². The molecule has 36 heavy (non-hydrogen) atoms. The second-order valence-corrected chi connectivity index (χ2v) is 8.85. The van der Waals surface area contributed by atoms with E-state index in [-0.39, 0.29) is 6.04 Å². The van der Waals surface area contributed by atoms with E-state index in [1.54, 1.807) is 12.3 Å². The van der Waals surface area contributed by atoms with E-state index in [1.807, 2.05) is 36.5 Å². The third-order valence-electron chi connectivity index (χ3n) is 6.28. The lowest BCUT2D eigenvalue weighted by molar-refractivity contribution is 0.302. The fraction of sp³-hybridized carbons (Fsp3) is 0.103. The summed E-state index contributed by atoms with van der Waals surface area (Å²) >= 11 is 0. The van der Waals surface area contributed by atoms with Crippen molar-refractivity contribution in [1.82, 2.24) is 19.9 Å². The number of aromatic nitrogens is 4. The number of aromatic amines is 2. The van der Waals surface area contributed by atoms with E-state index >= 15 is 0 Å². The average molecular weight is 475 g/mol. The Bertz CT molecular complexity index is 1620. The largest absolute Gasteiger partial charge is 0.487 e. The quantitative estimate of drug-likeness (QED) is 0.217. The predicted octanol–water partition coefficient (Wildman–Crippen LogP) is 6.00. The summed E-state index contributed by atoms with van der Waals surface area (Å²) in [5.41, 5.74) is 11.5. The SMILES string of the molecule is Nc1ccnc(NC(Cc2ccc3[nH]ccc3c2)c2ccc3[nH]c(COc4ccccc4)cc3c2)n1. The summed E-state index contributed by atoms with van der Waals surface area (Å²) in [6.07, 6.45) is 4.39. The fourth-order valence-corrected chi connectivity index (χ4v) is 4.50. The van der Waals surface area contributed by atoms with Crippen molar-refractivity contribution in [2.45, 2.75) is 19.1 Å². The lowest BCUT2D eigenvalue weighted by Gasteiger charge is -2.20. The summed E-state index contributed by atoms with van der Waals surface area (Å²) in [6, 6.07) is 28.6. The van der Waals surface area contributed by atoms with Crippen LogP contribution in [0.3, 0.4) is 0 Å². The van der Waals surface area contributed by atoms with Crippen LogP contribution in [0.25, 0.3) is 21.8 Å². The monoisotopic (exact) mass is 474 g/mol. The van der Waals surface area contributed by atoms with Gasteiger partial charge in [0.25, 0.3) is 0 Å². The second kappa shape index (κ2) is 9.46. The van der Waals surface area contributed by atoms with Gasteiger partial charge in [-0.05, 0) is 77.5 Å². The van der Waals surface area contributed by atoms with E-state index in [4.69, 9.17) is 10.5 Å². The maximum absolute atomic E-state index is 5.92. The molecule has 6 aromatic rings. The molecule has 0 saturated heterocycles. The highest BCUT2D eigenvalue weighted by Crippen LogP contribution is 2.28. The molecular formula is C29H26N6O. The molecule has 7 heteroatoms. The molecule has 0 aliphatic heterocycles. The standard InChI is InChI=1S/C29H26N6O/c30-28-11-13-32-29(35-28)34-27(15-19-6-8-25-21(14-19)10-12-31-25)20-7-9-26-22(16-20)17-23(33-26)18-36-24-4-2-1-3-5-24/h1-14,16-17,27,31,33H,15,18H2,(H3,30,32,34,35). The van der Waals surface area contributed by atoms with E-state index in [1.165, 1.54) is 10.9 Å². The molecule has 0 fully saturated rings.